The molecular formula is C15H21ClFN3O2. The lowest BCUT2D eigenvalue weighted by Crippen LogP contribution is -2.57. The Morgan fingerprint density at radius 1 is 1.36 bits per heavy atom. The van der Waals surface area contributed by atoms with Crippen LogP contribution in [-0.4, -0.2) is 41.9 Å². The average molecular weight is 330 g/mol. The summed E-state index contributed by atoms with van der Waals surface area (Å²) in [5.41, 5.74) is 0.408. The van der Waals surface area contributed by atoms with Crippen LogP contribution in [0.25, 0.3) is 0 Å². The number of piperazine rings is 1. The van der Waals surface area contributed by atoms with Crippen LogP contribution in [0.4, 0.5) is 10.1 Å². The number of rotatable bonds is 2. The van der Waals surface area contributed by atoms with Gasteiger partial charge in [0.1, 0.15) is 5.82 Å². The predicted molar refractivity (Wildman–Crippen MR) is 85.9 cm³/mol. The lowest BCUT2D eigenvalue weighted by atomic mass is 10.0. The van der Waals surface area contributed by atoms with E-state index in [2.05, 4.69) is 10.6 Å². The van der Waals surface area contributed by atoms with Crippen LogP contribution in [0.15, 0.2) is 18.2 Å². The van der Waals surface area contributed by atoms with Crippen molar-refractivity contribution in [3.63, 3.8) is 0 Å². The van der Waals surface area contributed by atoms with E-state index in [4.69, 9.17) is 0 Å². The second-order valence-electron chi connectivity index (χ2n) is 5.36. The molecule has 0 spiro atoms. The van der Waals surface area contributed by atoms with Crippen molar-refractivity contribution in [2.45, 2.75) is 32.9 Å². The maximum Gasteiger partial charge on any atom is 0.257 e. The van der Waals surface area contributed by atoms with E-state index in [-0.39, 0.29) is 41.9 Å². The molecule has 0 aliphatic carbocycles. The van der Waals surface area contributed by atoms with Crippen LogP contribution in [0, 0.1) is 5.82 Å². The number of halogens is 2. The zero-order chi connectivity index (χ0) is 15.6. The molecule has 22 heavy (non-hydrogen) atoms. The summed E-state index contributed by atoms with van der Waals surface area (Å²) in [4.78, 5) is 25.3. The fraction of sp³-hybridized carbons (Fsp3) is 0.467. The summed E-state index contributed by atoms with van der Waals surface area (Å²) in [6.45, 7) is 6.52. The van der Waals surface area contributed by atoms with Gasteiger partial charge in [-0.25, -0.2) is 4.39 Å². The molecule has 122 valence electrons. The van der Waals surface area contributed by atoms with Gasteiger partial charge >= 0.3 is 0 Å². The molecule has 1 saturated heterocycles. The molecule has 2 amide bonds. The van der Waals surface area contributed by atoms with Gasteiger partial charge in [0.25, 0.3) is 5.91 Å². The molecule has 2 unspecified atom stereocenters. The Labute approximate surface area is 135 Å². The molecule has 2 atom stereocenters. The third-order valence-electron chi connectivity index (χ3n) is 3.81. The number of anilines is 1. The summed E-state index contributed by atoms with van der Waals surface area (Å²) < 4.78 is 14.0. The Bertz CT molecular complexity index is 568. The van der Waals surface area contributed by atoms with Crippen LogP contribution in [0.1, 0.15) is 31.1 Å². The second-order valence-corrected chi connectivity index (χ2v) is 5.36. The number of nitrogens with zero attached hydrogens (tertiary/aromatic N) is 1. The van der Waals surface area contributed by atoms with Gasteiger partial charge < -0.3 is 15.5 Å². The summed E-state index contributed by atoms with van der Waals surface area (Å²) in [7, 11) is 0. The van der Waals surface area contributed by atoms with Gasteiger partial charge in [-0.1, -0.05) is 0 Å². The highest BCUT2D eigenvalue weighted by atomic mass is 35.5. The first-order chi connectivity index (χ1) is 9.90. The lowest BCUT2D eigenvalue weighted by molar-refractivity contribution is -0.114. The van der Waals surface area contributed by atoms with Crippen molar-refractivity contribution in [1.82, 2.24) is 10.2 Å². The summed E-state index contributed by atoms with van der Waals surface area (Å²) in [5, 5.41) is 5.84. The van der Waals surface area contributed by atoms with E-state index in [9.17, 15) is 14.0 Å². The van der Waals surface area contributed by atoms with E-state index < -0.39 is 5.82 Å². The predicted octanol–water partition coefficient (Wildman–Crippen LogP) is 2.03. The Balaban J connectivity index is 0.00000242. The third-order valence-corrected chi connectivity index (χ3v) is 3.81. The van der Waals surface area contributed by atoms with Crippen molar-refractivity contribution >= 4 is 29.9 Å². The van der Waals surface area contributed by atoms with Gasteiger partial charge in [-0.2, -0.15) is 0 Å². The first-order valence-corrected chi connectivity index (χ1v) is 7.01. The van der Waals surface area contributed by atoms with Crippen molar-refractivity contribution < 1.29 is 14.0 Å². The van der Waals surface area contributed by atoms with E-state index in [0.29, 0.717) is 18.8 Å². The van der Waals surface area contributed by atoms with Crippen LogP contribution in [0.2, 0.25) is 0 Å². The summed E-state index contributed by atoms with van der Waals surface area (Å²) in [5.74, 6) is -1.18. The Hall–Kier alpha value is -1.66. The van der Waals surface area contributed by atoms with Crippen molar-refractivity contribution in [1.29, 1.82) is 0 Å². The highest BCUT2D eigenvalue weighted by molar-refractivity contribution is 5.97. The van der Waals surface area contributed by atoms with E-state index >= 15 is 0 Å². The van der Waals surface area contributed by atoms with Crippen LogP contribution in [-0.2, 0) is 4.79 Å². The highest BCUT2D eigenvalue weighted by Gasteiger charge is 2.30. The number of carbonyl (C=O) groups excluding carboxylic acids is 2. The van der Waals surface area contributed by atoms with E-state index in [1.807, 2.05) is 13.8 Å². The van der Waals surface area contributed by atoms with Crippen LogP contribution in [0.3, 0.4) is 0 Å². The average Bonchev–Trinajstić information content (AvgIpc) is 2.43. The smallest absolute Gasteiger partial charge is 0.257 e. The maximum atomic E-state index is 14.0. The molecule has 0 saturated carbocycles. The molecule has 7 heteroatoms. The van der Waals surface area contributed by atoms with Crippen molar-refractivity contribution in [3.8, 4) is 0 Å². The first kappa shape index (κ1) is 18.4. The van der Waals surface area contributed by atoms with Gasteiger partial charge in [0.05, 0.1) is 5.56 Å². The molecule has 2 rings (SSSR count). The monoisotopic (exact) mass is 329 g/mol. The number of benzene rings is 1. The second kappa shape index (κ2) is 7.56. The number of hydrogen-bond acceptors (Lipinski definition) is 3. The van der Waals surface area contributed by atoms with Crippen LogP contribution < -0.4 is 10.6 Å². The molecule has 1 aromatic rings. The molecule has 0 bridgehead atoms. The summed E-state index contributed by atoms with van der Waals surface area (Å²) >= 11 is 0. The van der Waals surface area contributed by atoms with E-state index in [0.717, 1.165) is 0 Å². The summed E-state index contributed by atoms with van der Waals surface area (Å²) in [6, 6.07) is 4.17. The van der Waals surface area contributed by atoms with Gasteiger partial charge in [0.2, 0.25) is 5.91 Å². The van der Waals surface area contributed by atoms with E-state index in [1.165, 1.54) is 25.1 Å². The number of hydrogen-bond donors (Lipinski definition) is 2. The minimum Gasteiger partial charge on any atom is -0.333 e. The van der Waals surface area contributed by atoms with Gasteiger partial charge in [-0.3, -0.25) is 9.59 Å². The SMILES string of the molecule is CC(=O)Nc1ccc(F)c(C(=O)N2CCNC(C)C2C)c1.Cl. The van der Waals surface area contributed by atoms with Crippen molar-refractivity contribution in [2.24, 2.45) is 0 Å². The molecule has 2 N–H and O–H groups in total. The molecule has 0 aromatic heterocycles. The van der Waals surface area contributed by atoms with Gasteiger partial charge in [-0.15, -0.1) is 12.4 Å². The molecule has 1 fully saturated rings. The number of carbonyl (C=O) groups is 2. The molecule has 1 aromatic carbocycles. The minimum atomic E-state index is -0.576. The zero-order valence-corrected chi connectivity index (χ0v) is 13.7. The quantitative estimate of drug-likeness (QED) is 0.872. The fourth-order valence-electron chi connectivity index (χ4n) is 2.47. The maximum absolute atomic E-state index is 14.0. The van der Waals surface area contributed by atoms with Crippen molar-refractivity contribution in [2.75, 3.05) is 18.4 Å². The van der Waals surface area contributed by atoms with Gasteiger partial charge in [0.15, 0.2) is 0 Å². The Kier molecular flexibility index (Phi) is 6.32. The molecular weight excluding hydrogens is 309 g/mol. The van der Waals surface area contributed by atoms with Gasteiger partial charge in [0, 0.05) is 37.8 Å². The highest BCUT2D eigenvalue weighted by Crippen LogP contribution is 2.19. The molecule has 1 aliphatic heterocycles. The molecule has 0 radical (unpaired) electrons. The largest absolute Gasteiger partial charge is 0.333 e. The minimum absolute atomic E-state index is 0. The molecule has 1 heterocycles. The number of nitrogens with one attached hydrogen (secondary N) is 2. The molecule has 1 aliphatic rings. The van der Waals surface area contributed by atoms with E-state index in [1.54, 1.807) is 4.90 Å². The van der Waals surface area contributed by atoms with Crippen LogP contribution >= 0.6 is 12.4 Å². The molecule has 5 nitrogen and oxygen atoms in total. The fourth-order valence-corrected chi connectivity index (χ4v) is 2.47. The van der Waals surface area contributed by atoms with Crippen LogP contribution in [0.5, 0.6) is 0 Å². The Morgan fingerprint density at radius 3 is 2.68 bits per heavy atom. The first-order valence-electron chi connectivity index (χ1n) is 7.01. The zero-order valence-electron chi connectivity index (χ0n) is 12.9. The third kappa shape index (κ3) is 3.96. The normalized spacial score (nSPS) is 21.0. The summed E-state index contributed by atoms with van der Waals surface area (Å²) in [6.07, 6.45) is 0. The topological polar surface area (TPSA) is 61.4 Å². The lowest BCUT2D eigenvalue weighted by Gasteiger charge is -2.38. The standard InChI is InChI=1S/C15H20FN3O2.ClH/c1-9-10(2)19(7-6-17-9)15(21)13-8-12(18-11(3)20)4-5-14(13)16;/h4-5,8-10,17H,6-7H2,1-3H3,(H,18,20);1H. The number of amides is 2. The van der Waals surface area contributed by atoms with Gasteiger partial charge in [-0.05, 0) is 32.0 Å². The Morgan fingerprint density at radius 2 is 2.05 bits per heavy atom. The van der Waals surface area contributed by atoms with Crippen molar-refractivity contribution in [3.05, 3.63) is 29.6 Å².